The fraction of sp³-hybridized carbons (Fsp3) is 0.350. The molecule has 1 N–H and O–H groups in total. The lowest BCUT2D eigenvalue weighted by Crippen LogP contribution is -2.40. The summed E-state index contributed by atoms with van der Waals surface area (Å²) < 4.78 is 1.03. The molecule has 0 saturated heterocycles. The predicted molar refractivity (Wildman–Crippen MR) is 97.4 cm³/mol. The number of halogens is 1. The second-order valence-electron chi connectivity index (χ2n) is 6.49. The smallest absolute Gasteiger partial charge is 0.230 e. The van der Waals surface area contributed by atoms with Crippen LogP contribution in [0.1, 0.15) is 37.3 Å². The molecule has 23 heavy (non-hydrogen) atoms. The van der Waals surface area contributed by atoms with Gasteiger partial charge in [-0.3, -0.25) is 4.79 Å². The molecule has 1 aliphatic rings. The molecular weight excluding hydrogens is 350 g/mol. The summed E-state index contributed by atoms with van der Waals surface area (Å²) in [5, 5.41) is 3.22. The van der Waals surface area contributed by atoms with Gasteiger partial charge in [0, 0.05) is 10.5 Å². The molecule has 2 aromatic carbocycles. The van der Waals surface area contributed by atoms with Crippen LogP contribution in [-0.2, 0) is 16.6 Å². The van der Waals surface area contributed by atoms with E-state index in [1.807, 2.05) is 18.2 Å². The van der Waals surface area contributed by atoms with Crippen molar-refractivity contribution in [2.24, 2.45) is 0 Å². The van der Waals surface area contributed by atoms with Crippen LogP contribution in [0.3, 0.4) is 0 Å². The summed E-state index contributed by atoms with van der Waals surface area (Å²) in [5.41, 5.74) is 2.14. The SMILES string of the molecule is CC(CCc1ccccc1)NC(=O)C1(c2cccc(Br)c2)CC1. The minimum Gasteiger partial charge on any atom is -0.353 e. The van der Waals surface area contributed by atoms with Gasteiger partial charge < -0.3 is 5.32 Å². The Labute approximate surface area is 146 Å². The van der Waals surface area contributed by atoms with Gasteiger partial charge in [0.1, 0.15) is 0 Å². The molecular formula is C20H22BrNO. The van der Waals surface area contributed by atoms with Crippen molar-refractivity contribution < 1.29 is 4.79 Å². The van der Waals surface area contributed by atoms with Crippen molar-refractivity contribution in [2.75, 3.05) is 0 Å². The summed E-state index contributed by atoms with van der Waals surface area (Å²) in [6.07, 6.45) is 3.85. The van der Waals surface area contributed by atoms with E-state index < -0.39 is 0 Å². The van der Waals surface area contributed by atoms with Crippen LogP contribution in [-0.4, -0.2) is 11.9 Å². The molecule has 0 radical (unpaired) electrons. The summed E-state index contributed by atoms with van der Waals surface area (Å²) in [4.78, 5) is 12.7. The molecule has 120 valence electrons. The number of nitrogens with one attached hydrogen (secondary N) is 1. The van der Waals surface area contributed by atoms with Gasteiger partial charge in [0.05, 0.1) is 5.41 Å². The highest BCUT2D eigenvalue weighted by Gasteiger charge is 2.51. The molecule has 2 aromatic rings. The Kier molecular flexibility index (Phi) is 4.86. The second kappa shape index (κ2) is 6.88. The molecule has 1 atom stereocenters. The average Bonchev–Trinajstić information content (AvgIpc) is 3.36. The zero-order chi connectivity index (χ0) is 16.3. The van der Waals surface area contributed by atoms with Crippen LogP contribution >= 0.6 is 15.9 Å². The molecule has 1 fully saturated rings. The standard InChI is InChI=1S/C20H22BrNO/c1-15(10-11-16-6-3-2-4-7-16)22-19(23)20(12-13-20)17-8-5-9-18(21)14-17/h2-9,14-15H,10-13H2,1H3,(H,22,23). The van der Waals surface area contributed by atoms with Gasteiger partial charge in [-0.15, -0.1) is 0 Å². The highest BCUT2D eigenvalue weighted by molar-refractivity contribution is 9.10. The number of hydrogen-bond acceptors (Lipinski definition) is 1. The fourth-order valence-electron chi connectivity index (χ4n) is 3.02. The summed E-state index contributed by atoms with van der Waals surface area (Å²) in [6, 6.07) is 18.8. The first-order chi connectivity index (χ1) is 11.1. The molecule has 0 bridgehead atoms. The van der Waals surface area contributed by atoms with E-state index in [2.05, 4.69) is 64.6 Å². The van der Waals surface area contributed by atoms with Crippen molar-refractivity contribution in [3.63, 3.8) is 0 Å². The molecule has 0 aromatic heterocycles. The Morgan fingerprint density at radius 3 is 2.57 bits per heavy atom. The normalized spacial score (nSPS) is 16.6. The average molecular weight is 372 g/mol. The van der Waals surface area contributed by atoms with Crippen LogP contribution in [0.15, 0.2) is 59.1 Å². The molecule has 1 saturated carbocycles. The Balaban J connectivity index is 1.58. The Morgan fingerprint density at radius 1 is 1.17 bits per heavy atom. The van der Waals surface area contributed by atoms with Gasteiger partial charge in [-0.25, -0.2) is 0 Å². The number of rotatable bonds is 6. The summed E-state index contributed by atoms with van der Waals surface area (Å²) in [6.45, 7) is 2.10. The minimum absolute atomic E-state index is 0.177. The predicted octanol–water partition coefficient (Wildman–Crippen LogP) is 4.62. The van der Waals surface area contributed by atoms with Gasteiger partial charge in [0.25, 0.3) is 0 Å². The number of carbonyl (C=O) groups is 1. The topological polar surface area (TPSA) is 29.1 Å². The van der Waals surface area contributed by atoms with Crippen LogP contribution in [0.25, 0.3) is 0 Å². The van der Waals surface area contributed by atoms with E-state index in [0.29, 0.717) is 0 Å². The van der Waals surface area contributed by atoms with Crippen LogP contribution in [0, 0.1) is 0 Å². The van der Waals surface area contributed by atoms with Gasteiger partial charge in [-0.1, -0.05) is 58.4 Å². The van der Waals surface area contributed by atoms with E-state index in [9.17, 15) is 4.79 Å². The van der Waals surface area contributed by atoms with Crippen LogP contribution < -0.4 is 5.32 Å². The number of benzene rings is 2. The number of aryl methyl sites for hydroxylation is 1. The molecule has 1 amide bonds. The first kappa shape index (κ1) is 16.3. The number of amides is 1. The van der Waals surface area contributed by atoms with Gasteiger partial charge in [-0.2, -0.15) is 0 Å². The van der Waals surface area contributed by atoms with Crippen molar-refractivity contribution in [3.05, 3.63) is 70.2 Å². The molecule has 3 heteroatoms. The minimum atomic E-state index is -0.301. The van der Waals surface area contributed by atoms with E-state index in [4.69, 9.17) is 0 Å². The Morgan fingerprint density at radius 2 is 1.91 bits per heavy atom. The van der Waals surface area contributed by atoms with Gasteiger partial charge in [0.2, 0.25) is 5.91 Å². The molecule has 2 nitrogen and oxygen atoms in total. The van der Waals surface area contributed by atoms with Crippen LogP contribution in [0.4, 0.5) is 0 Å². The van der Waals surface area contributed by atoms with E-state index in [0.717, 1.165) is 35.7 Å². The van der Waals surface area contributed by atoms with E-state index in [1.165, 1.54) is 5.56 Å². The van der Waals surface area contributed by atoms with Crippen molar-refractivity contribution in [1.29, 1.82) is 0 Å². The summed E-state index contributed by atoms with van der Waals surface area (Å²) in [7, 11) is 0. The van der Waals surface area contributed by atoms with Gasteiger partial charge in [0.15, 0.2) is 0 Å². The lowest BCUT2D eigenvalue weighted by atomic mass is 9.94. The molecule has 0 heterocycles. The molecule has 0 aliphatic heterocycles. The number of carbonyl (C=O) groups excluding carboxylic acids is 1. The lowest BCUT2D eigenvalue weighted by molar-refractivity contribution is -0.124. The molecule has 3 rings (SSSR count). The largest absolute Gasteiger partial charge is 0.353 e. The second-order valence-corrected chi connectivity index (χ2v) is 7.41. The first-order valence-electron chi connectivity index (χ1n) is 8.21. The summed E-state index contributed by atoms with van der Waals surface area (Å²) in [5.74, 6) is 0.177. The highest BCUT2D eigenvalue weighted by Crippen LogP contribution is 2.48. The van der Waals surface area contributed by atoms with Crippen LogP contribution in [0.5, 0.6) is 0 Å². The molecule has 1 unspecified atom stereocenters. The van der Waals surface area contributed by atoms with Gasteiger partial charge >= 0.3 is 0 Å². The van der Waals surface area contributed by atoms with Crippen molar-refractivity contribution in [3.8, 4) is 0 Å². The third kappa shape index (κ3) is 3.84. The number of hydrogen-bond donors (Lipinski definition) is 1. The van der Waals surface area contributed by atoms with E-state index in [1.54, 1.807) is 0 Å². The zero-order valence-electron chi connectivity index (χ0n) is 13.4. The van der Waals surface area contributed by atoms with E-state index >= 15 is 0 Å². The third-order valence-corrected chi connectivity index (χ3v) is 5.14. The fourth-order valence-corrected chi connectivity index (χ4v) is 3.42. The van der Waals surface area contributed by atoms with Crippen molar-refractivity contribution in [2.45, 2.75) is 44.1 Å². The summed E-state index contributed by atoms with van der Waals surface area (Å²) >= 11 is 3.50. The first-order valence-corrected chi connectivity index (χ1v) is 9.00. The maximum atomic E-state index is 12.7. The van der Waals surface area contributed by atoms with Gasteiger partial charge in [-0.05, 0) is 55.9 Å². The zero-order valence-corrected chi connectivity index (χ0v) is 15.0. The Bertz CT molecular complexity index is 679. The Hall–Kier alpha value is -1.61. The van der Waals surface area contributed by atoms with Crippen molar-refractivity contribution >= 4 is 21.8 Å². The maximum Gasteiger partial charge on any atom is 0.230 e. The van der Waals surface area contributed by atoms with Crippen LogP contribution in [0.2, 0.25) is 0 Å². The molecule has 0 spiro atoms. The highest BCUT2D eigenvalue weighted by atomic mass is 79.9. The maximum absolute atomic E-state index is 12.7. The van der Waals surface area contributed by atoms with Crippen molar-refractivity contribution in [1.82, 2.24) is 5.32 Å². The quantitative estimate of drug-likeness (QED) is 0.788. The molecule has 1 aliphatic carbocycles. The van der Waals surface area contributed by atoms with E-state index in [-0.39, 0.29) is 17.4 Å². The third-order valence-electron chi connectivity index (χ3n) is 4.65. The lowest BCUT2D eigenvalue weighted by Gasteiger charge is -2.20. The monoisotopic (exact) mass is 371 g/mol.